The van der Waals surface area contributed by atoms with Gasteiger partial charge in [0.2, 0.25) is 0 Å². The molecular weight excluding hydrogens is 314 g/mol. The van der Waals surface area contributed by atoms with Gasteiger partial charge in [-0.1, -0.05) is 13.8 Å². The second-order valence-corrected chi connectivity index (χ2v) is 8.87. The third-order valence-corrected chi connectivity index (χ3v) is 7.90. The van der Waals surface area contributed by atoms with E-state index in [4.69, 9.17) is 0 Å². The van der Waals surface area contributed by atoms with Gasteiger partial charge in [-0.05, 0) is 80.7 Å². The van der Waals surface area contributed by atoms with E-state index in [-0.39, 0.29) is 29.5 Å². The van der Waals surface area contributed by atoms with Gasteiger partial charge in [-0.2, -0.15) is 5.10 Å². The van der Waals surface area contributed by atoms with Crippen LogP contribution in [0, 0.1) is 23.2 Å². The third-order valence-electron chi connectivity index (χ3n) is 7.90. The first-order valence-corrected chi connectivity index (χ1v) is 9.86. The molecule has 1 aromatic rings. The van der Waals surface area contributed by atoms with Crippen LogP contribution in [0.2, 0.25) is 0 Å². The molecule has 6 atom stereocenters. The maximum Gasteiger partial charge on any atom is 0.0544 e. The van der Waals surface area contributed by atoms with Crippen LogP contribution in [0.25, 0.3) is 0 Å². The molecule has 0 aliphatic heterocycles. The van der Waals surface area contributed by atoms with E-state index < -0.39 is 0 Å². The molecule has 5 heteroatoms. The molecule has 6 unspecified atom stereocenters. The Morgan fingerprint density at radius 2 is 1.96 bits per heavy atom. The van der Waals surface area contributed by atoms with Crippen LogP contribution in [0.4, 0.5) is 0 Å². The summed E-state index contributed by atoms with van der Waals surface area (Å²) in [5.74, 6) is 1.62. The lowest BCUT2D eigenvalue weighted by atomic mass is 9.53. The summed E-state index contributed by atoms with van der Waals surface area (Å²) >= 11 is 0. The van der Waals surface area contributed by atoms with Crippen molar-refractivity contribution in [1.29, 1.82) is 0 Å². The van der Waals surface area contributed by atoms with E-state index in [1.165, 1.54) is 37.6 Å². The SMILES string of the molecule is CC12CCC(C3(C)CCC(O)CC3CO)CC1Cc1cn[nH]c12.CN. The normalized spacial score (nSPS) is 43.0. The van der Waals surface area contributed by atoms with Crippen LogP contribution in [0.3, 0.4) is 0 Å². The minimum Gasteiger partial charge on any atom is -0.396 e. The highest BCUT2D eigenvalue weighted by Gasteiger charge is 2.53. The van der Waals surface area contributed by atoms with Gasteiger partial charge in [-0.3, -0.25) is 5.10 Å². The fourth-order valence-corrected chi connectivity index (χ4v) is 6.08. The van der Waals surface area contributed by atoms with Crippen LogP contribution in [0.5, 0.6) is 0 Å². The minimum absolute atomic E-state index is 0.184. The number of H-pyrrole nitrogens is 1. The molecule has 0 saturated heterocycles. The van der Waals surface area contributed by atoms with Gasteiger partial charge in [0.15, 0.2) is 0 Å². The second kappa shape index (κ2) is 7.01. The highest BCUT2D eigenvalue weighted by Crippen LogP contribution is 2.58. The van der Waals surface area contributed by atoms with E-state index in [9.17, 15) is 10.2 Å². The number of nitrogens with one attached hydrogen (secondary N) is 1. The molecule has 3 aliphatic carbocycles. The highest BCUT2D eigenvalue weighted by atomic mass is 16.3. The summed E-state index contributed by atoms with van der Waals surface area (Å²) in [7, 11) is 1.50. The number of nitrogens with two attached hydrogens (primary N) is 1. The lowest BCUT2D eigenvalue weighted by Crippen LogP contribution is -2.47. The Hall–Kier alpha value is -0.910. The number of aromatic nitrogens is 2. The standard InChI is InChI=1S/C19H30N2O2.CH5N/c1-18(6-4-16(23)9-15(18)11-22)13-3-5-19(2)14(8-13)7-12-10-20-21-17(12)19;1-2/h10,13-16,22-23H,3-9,11H2,1-2H3,(H,20,21);2H2,1H3. The Balaban J connectivity index is 0.000000880. The molecule has 5 N–H and O–H groups in total. The molecule has 0 bridgehead atoms. The van der Waals surface area contributed by atoms with E-state index in [0.717, 1.165) is 25.7 Å². The van der Waals surface area contributed by atoms with Gasteiger partial charge in [0.05, 0.1) is 12.3 Å². The van der Waals surface area contributed by atoms with Crippen LogP contribution in [-0.2, 0) is 11.8 Å². The second-order valence-electron chi connectivity index (χ2n) is 8.87. The minimum atomic E-state index is -0.216. The Morgan fingerprint density at radius 1 is 1.20 bits per heavy atom. The van der Waals surface area contributed by atoms with Crippen molar-refractivity contribution in [2.75, 3.05) is 13.7 Å². The molecule has 0 radical (unpaired) electrons. The lowest BCUT2D eigenvalue weighted by Gasteiger charge is -2.52. The Labute approximate surface area is 151 Å². The quantitative estimate of drug-likeness (QED) is 0.659. The summed E-state index contributed by atoms with van der Waals surface area (Å²) in [4.78, 5) is 0. The lowest BCUT2D eigenvalue weighted by molar-refractivity contribution is -0.0633. The summed E-state index contributed by atoms with van der Waals surface area (Å²) in [5, 5.41) is 27.4. The van der Waals surface area contributed by atoms with Gasteiger partial charge in [-0.15, -0.1) is 0 Å². The van der Waals surface area contributed by atoms with E-state index >= 15 is 0 Å². The number of hydrogen-bond donors (Lipinski definition) is 4. The largest absolute Gasteiger partial charge is 0.396 e. The molecular formula is C20H35N3O2. The van der Waals surface area contributed by atoms with Crippen LogP contribution >= 0.6 is 0 Å². The monoisotopic (exact) mass is 349 g/mol. The number of aliphatic hydroxyl groups excluding tert-OH is 2. The van der Waals surface area contributed by atoms with Crippen molar-refractivity contribution in [3.05, 3.63) is 17.5 Å². The molecule has 3 aliphatic rings. The average molecular weight is 350 g/mol. The highest BCUT2D eigenvalue weighted by molar-refractivity contribution is 5.34. The van der Waals surface area contributed by atoms with Crippen LogP contribution in [0.15, 0.2) is 6.20 Å². The zero-order chi connectivity index (χ0) is 18.2. The van der Waals surface area contributed by atoms with Crippen molar-refractivity contribution < 1.29 is 10.2 Å². The maximum atomic E-state index is 10.0. The summed E-state index contributed by atoms with van der Waals surface area (Å²) in [5.41, 5.74) is 7.75. The van der Waals surface area contributed by atoms with Crippen molar-refractivity contribution in [2.45, 2.75) is 70.3 Å². The van der Waals surface area contributed by atoms with Crippen LogP contribution in [0.1, 0.15) is 63.6 Å². The van der Waals surface area contributed by atoms with Crippen molar-refractivity contribution in [3.63, 3.8) is 0 Å². The molecule has 1 aromatic heterocycles. The van der Waals surface area contributed by atoms with Gasteiger partial charge in [0.25, 0.3) is 0 Å². The Bertz CT molecular complexity index is 589. The van der Waals surface area contributed by atoms with Gasteiger partial charge in [-0.25, -0.2) is 0 Å². The third kappa shape index (κ3) is 2.94. The van der Waals surface area contributed by atoms with Gasteiger partial charge in [0, 0.05) is 17.7 Å². The molecule has 2 fully saturated rings. The van der Waals surface area contributed by atoms with E-state index in [1.807, 2.05) is 6.20 Å². The number of nitrogens with zero attached hydrogens (tertiary/aromatic N) is 1. The number of hydrogen-bond acceptors (Lipinski definition) is 4. The van der Waals surface area contributed by atoms with E-state index in [2.05, 4.69) is 29.8 Å². The van der Waals surface area contributed by atoms with E-state index in [1.54, 1.807) is 0 Å². The average Bonchev–Trinajstić information content (AvgIpc) is 3.19. The van der Waals surface area contributed by atoms with E-state index in [0.29, 0.717) is 11.8 Å². The molecule has 0 aromatic carbocycles. The van der Waals surface area contributed by atoms with Gasteiger partial charge in [0.1, 0.15) is 0 Å². The summed E-state index contributed by atoms with van der Waals surface area (Å²) in [6.45, 7) is 5.01. The van der Waals surface area contributed by atoms with Gasteiger partial charge >= 0.3 is 0 Å². The molecule has 0 amide bonds. The number of rotatable bonds is 2. The smallest absolute Gasteiger partial charge is 0.0544 e. The molecule has 4 rings (SSSR count). The zero-order valence-corrected chi connectivity index (χ0v) is 16.0. The van der Waals surface area contributed by atoms with Gasteiger partial charge < -0.3 is 15.9 Å². The predicted molar refractivity (Wildman–Crippen MR) is 99.1 cm³/mol. The van der Waals surface area contributed by atoms with Crippen LogP contribution in [-0.4, -0.2) is 40.2 Å². The van der Waals surface area contributed by atoms with Crippen molar-refractivity contribution >= 4 is 0 Å². The van der Waals surface area contributed by atoms with Crippen molar-refractivity contribution in [1.82, 2.24) is 10.2 Å². The molecule has 5 nitrogen and oxygen atoms in total. The first-order chi connectivity index (χ1) is 12.0. The first-order valence-electron chi connectivity index (χ1n) is 9.86. The first kappa shape index (κ1) is 18.9. The fraction of sp³-hybridized carbons (Fsp3) is 0.850. The Kier molecular flexibility index (Phi) is 5.29. The molecule has 0 spiro atoms. The van der Waals surface area contributed by atoms with Crippen molar-refractivity contribution in [3.8, 4) is 0 Å². The molecule has 142 valence electrons. The number of aromatic amines is 1. The number of fused-ring (bicyclic) bond motifs is 3. The summed E-state index contributed by atoms with van der Waals surface area (Å²) in [6, 6.07) is 0. The summed E-state index contributed by atoms with van der Waals surface area (Å²) in [6.07, 6.45) is 9.38. The zero-order valence-electron chi connectivity index (χ0n) is 16.0. The molecule has 25 heavy (non-hydrogen) atoms. The fourth-order valence-electron chi connectivity index (χ4n) is 6.08. The number of aliphatic hydroxyl groups is 2. The predicted octanol–water partition coefficient (Wildman–Crippen LogP) is 2.37. The molecule has 1 heterocycles. The maximum absolute atomic E-state index is 10.0. The summed E-state index contributed by atoms with van der Waals surface area (Å²) < 4.78 is 0. The topological polar surface area (TPSA) is 95.2 Å². The van der Waals surface area contributed by atoms with Crippen molar-refractivity contribution in [2.24, 2.45) is 28.9 Å². The molecule has 2 saturated carbocycles. The van der Waals surface area contributed by atoms with Crippen LogP contribution < -0.4 is 5.73 Å². The Morgan fingerprint density at radius 3 is 2.68 bits per heavy atom.